The van der Waals surface area contributed by atoms with Crippen molar-refractivity contribution in [3.05, 3.63) is 95.8 Å². The summed E-state index contributed by atoms with van der Waals surface area (Å²) in [6, 6.07) is 18.2. The topological polar surface area (TPSA) is 104 Å². The van der Waals surface area contributed by atoms with Crippen LogP contribution in [0.1, 0.15) is 37.5 Å². The second-order valence-electron chi connectivity index (χ2n) is 14.8. The lowest BCUT2D eigenvalue weighted by molar-refractivity contribution is 0.0223. The average molecular weight is 697 g/mol. The maximum atomic E-state index is 15.6. The second kappa shape index (κ2) is 14.6. The Morgan fingerprint density at radius 1 is 1.02 bits per heavy atom. The summed E-state index contributed by atoms with van der Waals surface area (Å²) in [5.41, 5.74) is 4.40. The van der Waals surface area contributed by atoms with Crippen molar-refractivity contribution in [1.82, 2.24) is 24.4 Å². The lowest BCUT2D eigenvalue weighted by Gasteiger charge is -2.31. The Bertz CT molecular complexity index is 1970. The molecule has 6 rings (SSSR count). The molecule has 50 heavy (non-hydrogen) atoms. The summed E-state index contributed by atoms with van der Waals surface area (Å²) in [5.74, 6) is 0.418. The molecule has 0 atom stereocenters. The van der Waals surface area contributed by atoms with Gasteiger partial charge in [-0.15, -0.1) is 0 Å². The van der Waals surface area contributed by atoms with Crippen LogP contribution in [-0.4, -0.2) is 57.3 Å². The summed E-state index contributed by atoms with van der Waals surface area (Å²) in [6.07, 6.45) is 5.25. The number of carbonyl (C=O) groups is 1. The van der Waals surface area contributed by atoms with E-state index in [-0.39, 0.29) is 24.9 Å². The smallest absolute Gasteiger partial charge is 0.410 e. The fourth-order valence-electron chi connectivity index (χ4n) is 5.74. The first-order valence-electron chi connectivity index (χ1n) is 17.0. The van der Waals surface area contributed by atoms with Crippen molar-refractivity contribution in [2.75, 3.05) is 18.5 Å². The number of pyridine rings is 1. The van der Waals surface area contributed by atoms with Crippen LogP contribution in [0.15, 0.2) is 73.3 Å². The van der Waals surface area contributed by atoms with Crippen LogP contribution in [0.25, 0.3) is 22.2 Å². The van der Waals surface area contributed by atoms with Crippen molar-refractivity contribution in [3.8, 4) is 22.8 Å². The van der Waals surface area contributed by atoms with Gasteiger partial charge in [-0.25, -0.2) is 24.1 Å². The molecule has 0 bridgehead atoms. The molecular weight excluding hydrogens is 652 g/mol. The number of halogens is 1. The molecule has 0 aliphatic carbocycles. The van der Waals surface area contributed by atoms with E-state index in [9.17, 15) is 4.79 Å². The number of ether oxygens (including phenoxy) is 3. The predicted octanol–water partition coefficient (Wildman–Crippen LogP) is 8.64. The van der Waals surface area contributed by atoms with Gasteiger partial charge in [0, 0.05) is 52.3 Å². The van der Waals surface area contributed by atoms with Crippen molar-refractivity contribution >= 4 is 31.0 Å². The summed E-state index contributed by atoms with van der Waals surface area (Å²) in [6.45, 7) is 14.7. The molecule has 0 saturated carbocycles. The highest BCUT2D eigenvalue weighted by Gasteiger charge is 2.28. The van der Waals surface area contributed by atoms with E-state index >= 15 is 4.39 Å². The first-order valence-corrected chi connectivity index (χ1v) is 20.7. The van der Waals surface area contributed by atoms with Gasteiger partial charge < -0.3 is 29.0 Å². The third kappa shape index (κ3) is 8.66. The van der Waals surface area contributed by atoms with Gasteiger partial charge in [-0.1, -0.05) is 50.0 Å². The van der Waals surface area contributed by atoms with Crippen LogP contribution in [-0.2, 0) is 35.7 Å². The van der Waals surface area contributed by atoms with Crippen LogP contribution in [0.2, 0.25) is 25.7 Å². The molecule has 0 saturated heterocycles. The van der Waals surface area contributed by atoms with E-state index in [0.717, 1.165) is 33.9 Å². The molecule has 1 aliphatic rings. The number of amides is 1. The number of nitrogens with one attached hydrogen (secondary N) is 1. The highest BCUT2D eigenvalue weighted by atomic mass is 28.3. The van der Waals surface area contributed by atoms with E-state index < -0.39 is 25.6 Å². The summed E-state index contributed by atoms with van der Waals surface area (Å²) < 4.78 is 35.6. The van der Waals surface area contributed by atoms with E-state index in [1.807, 2.05) is 61.9 Å². The van der Waals surface area contributed by atoms with Crippen LogP contribution >= 0.6 is 0 Å². The highest BCUT2D eigenvalue weighted by Crippen LogP contribution is 2.39. The van der Waals surface area contributed by atoms with Crippen molar-refractivity contribution in [2.45, 2.75) is 78.3 Å². The zero-order valence-electron chi connectivity index (χ0n) is 29.6. The van der Waals surface area contributed by atoms with Gasteiger partial charge >= 0.3 is 6.09 Å². The number of anilines is 1. The number of benzene rings is 2. The van der Waals surface area contributed by atoms with Gasteiger partial charge in [0.2, 0.25) is 5.88 Å². The third-order valence-electron chi connectivity index (χ3n) is 8.36. The minimum Gasteiger partial charge on any atom is -0.444 e. The largest absolute Gasteiger partial charge is 0.444 e. The molecule has 0 fully saturated rings. The second-order valence-corrected chi connectivity index (χ2v) is 20.4. The maximum Gasteiger partial charge on any atom is 0.410 e. The molecule has 3 aromatic heterocycles. The van der Waals surface area contributed by atoms with Gasteiger partial charge in [-0.2, -0.15) is 0 Å². The van der Waals surface area contributed by atoms with Crippen molar-refractivity contribution in [2.24, 2.45) is 0 Å². The molecule has 1 N–H and O–H groups in total. The van der Waals surface area contributed by atoms with Crippen molar-refractivity contribution in [1.29, 1.82) is 0 Å². The minimum atomic E-state index is -1.28. The third-order valence-corrected chi connectivity index (χ3v) is 10.1. The SMILES string of the molecule is CC(C)(C)OC(=O)N1CCc2cc(F)c(Oc3ncnc4c3c(-c3ccnc(NCc5ccccc5)c3)cn4COCC[Si](C)(C)C)cc2C1. The zero-order valence-corrected chi connectivity index (χ0v) is 30.6. The monoisotopic (exact) mass is 696 g/mol. The molecule has 12 heteroatoms. The van der Waals surface area contributed by atoms with Crippen LogP contribution in [0.4, 0.5) is 15.0 Å². The fourth-order valence-corrected chi connectivity index (χ4v) is 6.49. The Morgan fingerprint density at radius 2 is 1.82 bits per heavy atom. The Labute approximate surface area is 293 Å². The standard InChI is InChI=1S/C38H45FN6O4Si/c1-38(2,3)49-37(46)44-15-13-27-18-31(39)32(19-29(27)22-44)48-36-34-30(23-45(35(34)42-24-43-36)25-47-16-17-50(4,5)6)28-12-14-40-33(20-28)41-21-26-10-8-7-9-11-26/h7-12,14,18-20,23-24H,13,15-17,21-22,25H2,1-6H3,(H,40,41). The number of hydrogen-bond donors (Lipinski definition) is 1. The quantitative estimate of drug-likeness (QED) is 0.108. The molecule has 262 valence electrons. The molecule has 0 unspecified atom stereocenters. The molecule has 1 aliphatic heterocycles. The number of rotatable bonds is 11. The van der Waals surface area contributed by atoms with E-state index in [0.29, 0.717) is 43.0 Å². The fraction of sp³-hybridized carbons (Fsp3) is 0.368. The number of carbonyl (C=O) groups excluding carboxylic acids is 1. The van der Waals surface area contributed by atoms with Gasteiger partial charge in [0.1, 0.15) is 30.1 Å². The molecular formula is C38H45FN6O4Si. The molecule has 0 spiro atoms. The molecule has 5 aromatic rings. The van der Waals surface area contributed by atoms with Crippen molar-refractivity contribution in [3.63, 3.8) is 0 Å². The molecule has 2 aromatic carbocycles. The van der Waals surface area contributed by atoms with Gasteiger partial charge in [-0.3, -0.25) is 0 Å². The van der Waals surface area contributed by atoms with E-state index in [4.69, 9.17) is 14.2 Å². The summed E-state index contributed by atoms with van der Waals surface area (Å²) in [7, 11) is -1.28. The minimum absolute atomic E-state index is 0.0137. The summed E-state index contributed by atoms with van der Waals surface area (Å²) in [5, 5.41) is 4.03. The lowest BCUT2D eigenvalue weighted by Crippen LogP contribution is -2.39. The van der Waals surface area contributed by atoms with E-state index in [1.54, 1.807) is 17.2 Å². The van der Waals surface area contributed by atoms with E-state index in [2.05, 4.69) is 52.0 Å². The first-order chi connectivity index (χ1) is 23.8. The Kier molecular flexibility index (Phi) is 10.2. The first kappa shape index (κ1) is 35.0. The van der Waals surface area contributed by atoms with Crippen LogP contribution < -0.4 is 10.1 Å². The van der Waals surface area contributed by atoms with E-state index in [1.165, 1.54) is 12.4 Å². The molecule has 1 amide bonds. The Balaban J connectivity index is 1.33. The van der Waals surface area contributed by atoms with Crippen LogP contribution in [0.5, 0.6) is 11.6 Å². The normalized spacial score (nSPS) is 13.3. The van der Waals surface area contributed by atoms with Crippen molar-refractivity contribution < 1.29 is 23.4 Å². The van der Waals surface area contributed by atoms with Gasteiger partial charge in [0.25, 0.3) is 0 Å². The molecule has 4 heterocycles. The zero-order chi connectivity index (χ0) is 35.5. The molecule has 10 nitrogen and oxygen atoms in total. The average Bonchev–Trinajstić information content (AvgIpc) is 3.45. The number of fused-ring (bicyclic) bond motifs is 2. The predicted molar refractivity (Wildman–Crippen MR) is 195 cm³/mol. The van der Waals surface area contributed by atoms with Gasteiger partial charge in [0.05, 0.1) is 5.39 Å². The van der Waals surface area contributed by atoms with Crippen LogP contribution in [0.3, 0.4) is 0 Å². The highest BCUT2D eigenvalue weighted by molar-refractivity contribution is 6.76. The number of hydrogen-bond acceptors (Lipinski definition) is 8. The Morgan fingerprint density at radius 3 is 2.58 bits per heavy atom. The summed E-state index contributed by atoms with van der Waals surface area (Å²) >= 11 is 0. The maximum absolute atomic E-state index is 15.6. The number of aromatic nitrogens is 4. The van der Waals surface area contributed by atoms with Gasteiger partial charge in [-0.05, 0) is 79.8 Å². The number of nitrogens with zero attached hydrogens (tertiary/aromatic N) is 5. The van der Waals surface area contributed by atoms with Crippen LogP contribution in [0, 0.1) is 5.82 Å². The Hall–Kier alpha value is -4.81. The van der Waals surface area contributed by atoms with Gasteiger partial charge in [0.15, 0.2) is 11.6 Å². The molecule has 0 radical (unpaired) electrons. The lowest BCUT2D eigenvalue weighted by atomic mass is 9.99. The summed E-state index contributed by atoms with van der Waals surface area (Å²) in [4.78, 5) is 28.1.